The number of para-hydroxylation sites is 2. The molecule has 1 atom stereocenters. The third-order valence-corrected chi connectivity index (χ3v) is 8.50. The molecule has 0 bridgehead atoms. The second-order valence-electron chi connectivity index (χ2n) is 10.8. The highest BCUT2D eigenvalue weighted by atomic mass is 79.9. The maximum atomic E-state index is 14.1. The molecule has 0 aliphatic heterocycles. The van der Waals surface area contributed by atoms with E-state index in [1.807, 2.05) is 52.0 Å². The van der Waals surface area contributed by atoms with Gasteiger partial charge in [-0.1, -0.05) is 57.9 Å². The van der Waals surface area contributed by atoms with Gasteiger partial charge in [-0.3, -0.25) is 13.9 Å². The molecule has 0 radical (unpaired) electrons. The van der Waals surface area contributed by atoms with Gasteiger partial charge >= 0.3 is 0 Å². The van der Waals surface area contributed by atoms with Gasteiger partial charge in [0, 0.05) is 16.6 Å². The number of nitrogens with zero attached hydrogens (tertiary/aromatic N) is 2. The van der Waals surface area contributed by atoms with Crippen molar-refractivity contribution in [3.8, 4) is 5.75 Å². The van der Waals surface area contributed by atoms with Crippen molar-refractivity contribution in [1.29, 1.82) is 0 Å². The highest BCUT2D eigenvalue weighted by Gasteiger charge is 2.34. The number of carbonyl (C=O) groups is 2. The Bertz CT molecular complexity index is 1470. The number of halogens is 1. The van der Waals surface area contributed by atoms with Crippen molar-refractivity contribution in [3.05, 3.63) is 88.4 Å². The van der Waals surface area contributed by atoms with Crippen LogP contribution in [0.15, 0.2) is 82.2 Å². The topological polar surface area (TPSA) is 96.0 Å². The first-order valence-corrected chi connectivity index (χ1v) is 15.6. The van der Waals surface area contributed by atoms with E-state index >= 15 is 0 Å². The maximum absolute atomic E-state index is 14.1. The van der Waals surface area contributed by atoms with Crippen molar-refractivity contribution in [2.24, 2.45) is 0 Å². The minimum atomic E-state index is -4.20. The smallest absolute Gasteiger partial charge is 0.264 e. The molecule has 0 aliphatic rings. The van der Waals surface area contributed by atoms with Crippen LogP contribution in [0.2, 0.25) is 0 Å². The highest BCUT2D eigenvalue weighted by Crippen LogP contribution is 2.33. The number of sulfonamides is 1. The molecule has 0 saturated carbocycles. The first-order valence-electron chi connectivity index (χ1n) is 13.4. The lowest BCUT2D eigenvalue weighted by Gasteiger charge is -2.33. The Hall–Kier alpha value is -3.37. The summed E-state index contributed by atoms with van der Waals surface area (Å²) < 4.78 is 35.8. The molecule has 1 N–H and O–H groups in total. The number of carbonyl (C=O) groups excluding carboxylic acids is 2. The quantitative estimate of drug-likeness (QED) is 0.290. The Kier molecular flexibility index (Phi) is 10.6. The zero-order valence-corrected chi connectivity index (χ0v) is 26.8. The summed E-state index contributed by atoms with van der Waals surface area (Å²) in [6.45, 7) is 10.8. The van der Waals surface area contributed by atoms with Crippen LogP contribution in [0.4, 0.5) is 5.69 Å². The van der Waals surface area contributed by atoms with E-state index in [1.165, 1.54) is 17.0 Å². The van der Waals surface area contributed by atoms with Crippen molar-refractivity contribution in [2.75, 3.05) is 17.5 Å². The first kappa shape index (κ1) is 32.1. The van der Waals surface area contributed by atoms with Crippen LogP contribution in [0.3, 0.4) is 0 Å². The van der Waals surface area contributed by atoms with Crippen LogP contribution in [0, 0.1) is 6.92 Å². The minimum absolute atomic E-state index is 0.0410. The summed E-state index contributed by atoms with van der Waals surface area (Å²) in [5.74, 6) is -0.553. The molecule has 220 valence electrons. The third kappa shape index (κ3) is 8.56. The van der Waals surface area contributed by atoms with Crippen LogP contribution in [0.1, 0.15) is 45.7 Å². The molecule has 2 amide bonds. The molecule has 3 rings (SSSR count). The van der Waals surface area contributed by atoms with Crippen LogP contribution in [-0.4, -0.2) is 49.9 Å². The summed E-state index contributed by atoms with van der Waals surface area (Å²) in [7, 11) is -4.20. The van der Waals surface area contributed by atoms with Gasteiger partial charge in [0.15, 0.2) is 0 Å². The van der Waals surface area contributed by atoms with Crippen molar-refractivity contribution < 1.29 is 22.7 Å². The number of ether oxygens (including phenoxy) is 1. The van der Waals surface area contributed by atoms with Crippen LogP contribution in [0.25, 0.3) is 0 Å². The average molecular weight is 645 g/mol. The molecule has 0 fully saturated rings. The van der Waals surface area contributed by atoms with Gasteiger partial charge in [0.1, 0.15) is 18.3 Å². The summed E-state index contributed by atoms with van der Waals surface area (Å²) in [5.41, 5.74) is 1.40. The van der Waals surface area contributed by atoms with E-state index in [4.69, 9.17) is 4.74 Å². The zero-order valence-electron chi connectivity index (χ0n) is 24.3. The van der Waals surface area contributed by atoms with Crippen molar-refractivity contribution >= 4 is 43.5 Å². The monoisotopic (exact) mass is 643 g/mol. The fraction of sp³-hybridized carbons (Fsp3) is 0.355. The van der Waals surface area contributed by atoms with E-state index < -0.39 is 34.1 Å². The predicted molar refractivity (Wildman–Crippen MR) is 165 cm³/mol. The summed E-state index contributed by atoms with van der Waals surface area (Å²) in [6, 6.07) is 19.7. The summed E-state index contributed by atoms with van der Waals surface area (Å²) in [5, 5.41) is 2.93. The fourth-order valence-electron chi connectivity index (χ4n) is 4.18. The van der Waals surface area contributed by atoms with Gasteiger partial charge in [-0.2, -0.15) is 0 Å². The second kappa shape index (κ2) is 13.5. The molecule has 1 unspecified atom stereocenters. The largest absolute Gasteiger partial charge is 0.492 e. The molecule has 3 aromatic rings. The van der Waals surface area contributed by atoms with Gasteiger partial charge in [-0.25, -0.2) is 8.42 Å². The molecule has 0 spiro atoms. The maximum Gasteiger partial charge on any atom is 0.264 e. The van der Waals surface area contributed by atoms with E-state index in [0.717, 1.165) is 19.9 Å². The van der Waals surface area contributed by atoms with E-state index in [2.05, 4.69) is 21.2 Å². The Morgan fingerprint density at radius 1 is 1.00 bits per heavy atom. The second-order valence-corrected chi connectivity index (χ2v) is 13.6. The Labute approximate surface area is 251 Å². The van der Waals surface area contributed by atoms with Crippen molar-refractivity contribution in [1.82, 2.24) is 10.2 Å². The number of anilines is 1. The zero-order chi connectivity index (χ0) is 30.4. The Balaban J connectivity index is 2.09. The molecular weight excluding hydrogens is 606 g/mol. The number of amides is 2. The number of hydrogen-bond acceptors (Lipinski definition) is 5. The van der Waals surface area contributed by atoms with E-state index in [9.17, 15) is 18.0 Å². The predicted octanol–water partition coefficient (Wildman–Crippen LogP) is 5.68. The summed E-state index contributed by atoms with van der Waals surface area (Å²) in [4.78, 5) is 28.8. The Morgan fingerprint density at radius 2 is 1.66 bits per heavy atom. The number of rotatable bonds is 11. The molecule has 41 heavy (non-hydrogen) atoms. The molecule has 10 heteroatoms. The number of benzene rings is 3. The molecule has 0 aromatic heterocycles. The van der Waals surface area contributed by atoms with Gasteiger partial charge in [0.25, 0.3) is 10.0 Å². The van der Waals surface area contributed by atoms with E-state index in [-0.39, 0.29) is 23.0 Å². The van der Waals surface area contributed by atoms with Crippen LogP contribution < -0.4 is 14.4 Å². The standard InChI is InChI=1S/C31H38BrN3O5S/c1-7-40-28-14-9-8-13-27(28)35(41(38,39)26-17-15-22(2)16-18-26)21-29(36)34(20-24-11-10-12-25(32)19-24)23(3)30(37)33-31(4,5)6/h8-19,23H,7,20-21H2,1-6H3,(H,33,37). The normalized spacial score (nSPS) is 12.4. The van der Waals surface area contributed by atoms with Gasteiger partial charge in [-0.15, -0.1) is 0 Å². The lowest BCUT2D eigenvalue weighted by atomic mass is 10.1. The molecule has 3 aromatic carbocycles. The lowest BCUT2D eigenvalue weighted by molar-refractivity contribution is -0.140. The number of aryl methyl sites for hydroxylation is 1. The van der Waals surface area contributed by atoms with Crippen molar-refractivity contribution in [3.63, 3.8) is 0 Å². The lowest BCUT2D eigenvalue weighted by Crippen LogP contribution is -2.54. The Morgan fingerprint density at radius 3 is 2.27 bits per heavy atom. The van der Waals surface area contributed by atoms with Crippen LogP contribution >= 0.6 is 15.9 Å². The van der Waals surface area contributed by atoms with Crippen LogP contribution in [-0.2, 0) is 26.2 Å². The van der Waals surface area contributed by atoms with Gasteiger partial charge < -0.3 is 15.0 Å². The third-order valence-electron chi connectivity index (χ3n) is 6.23. The van der Waals surface area contributed by atoms with Gasteiger partial charge in [0.05, 0.1) is 17.2 Å². The summed E-state index contributed by atoms with van der Waals surface area (Å²) >= 11 is 3.46. The highest BCUT2D eigenvalue weighted by molar-refractivity contribution is 9.10. The van der Waals surface area contributed by atoms with Crippen LogP contribution in [0.5, 0.6) is 5.75 Å². The van der Waals surface area contributed by atoms with E-state index in [0.29, 0.717) is 12.4 Å². The van der Waals surface area contributed by atoms with Gasteiger partial charge in [-0.05, 0) is 83.5 Å². The molecular formula is C31H38BrN3O5S. The number of hydrogen-bond donors (Lipinski definition) is 1. The SMILES string of the molecule is CCOc1ccccc1N(CC(=O)N(Cc1cccc(Br)c1)C(C)C(=O)NC(C)(C)C)S(=O)(=O)c1ccc(C)cc1. The minimum Gasteiger partial charge on any atom is -0.492 e. The molecule has 0 heterocycles. The first-order chi connectivity index (χ1) is 19.2. The van der Waals surface area contributed by atoms with Crippen molar-refractivity contribution in [2.45, 2.75) is 64.6 Å². The fourth-order valence-corrected chi connectivity index (χ4v) is 6.05. The molecule has 8 nitrogen and oxygen atoms in total. The summed E-state index contributed by atoms with van der Waals surface area (Å²) in [6.07, 6.45) is 0. The van der Waals surface area contributed by atoms with E-state index in [1.54, 1.807) is 50.2 Å². The average Bonchev–Trinajstić information content (AvgIpc) is 2.90. The number of nitrogens with one attached hydrogen (secondary N) is 1. The molecule has 0 aliphatic carbocycles. The van der Waals surface area contributed by atoms with Gasteiger partial charge in [0.2, 0.25) is 11.8 Å². The molecule has 0 saturated heterocycles.